The summed E-state index contributed by atoms with van der Waals surface area (Å²) in [6.07, 6.45) is 1.61. The van der Waals surface area contributed by atoms with E-state index in [2.05, 4.69) is 26.2 Å². The predicted octanol–water partition coefficient (Wildman–Crippen LogP) is 3.81. The van der Waals surface area contributed by atoms with Crippen molar-refractivity contribution < 1.29 is 4.79 Å². The molecule has 0 saturated heterocycles. The van der Waals surface area contributed by atoms with Crippen LogP contribution in [-0.4, -0.2) is 10.9 Å². The number of hydrogen-bond donors (Lipinski definition) is 1. The van der Waals surface area contributed by atoms with Gasteiger partial charge in [0.25, 0.3) is 5.91 Å². The van der Waals surface area contributed by atoms with Gasteiger partial charge in [0.2, 0.25) is 0 Å². The highest BCUT2D eigenvalue weighted by Crippen LogP contribution is 2.24. The zero-order chi connectivity index (χ0) is 11.5. The zero-order valence-electron chi connectivity index (χ0n) is 7.91. The summed E-state index contributed by atoms with van der Waals surface area (Å²) in [6, 6.07) is 6.96. The van der Waals surface area contributed by atoms with Crippen LogP contribution in [0.1, 0.15) is 9.67 Å². The molecule has 6 heteroatoms. The molecule has 1 amide bonds. The third-order valence-corrected chi connectivity index (χ3v) is 3.66. The van der Waals surface area contributed by atoms with E-state index in [1.165, 1.54) is 11.3 Å². The number of hydrogen-bond acceptors (Lipinski definition) is 3. The monoisotopic (exact) mass is 316 g/mol. The van der Waals surface area contributed by atoms with Crippen LogP contribution in [0.3, 0.4) is 0 Å². The number of pyridine rings is 1. The van der Waals surface area contributed by atoms with E-state index in [9.17, 15) is 4.79 Å². The summed E-state index contributed by atoms with van der Waals surface area (Å²) in [4.78, 5) is 16.4. The van der Waals surface area contributed by atoms with Crippen LogP contribution in [0.25, 0.3) is 0 Å². The Bertz CT molecular complexity index is 529. The molecule has 2 aromatic heterocycles. The molecule has 0 radical (unpaired) electrons. The third kappa shape index (κ3) is 2.61. The number of carbonyl (C=O) groups is 1. The van der Waals surface area contributed by atoms with Gasteiger partial charge in [0.15, 0.2) is 0 Å². The Labute approximate surface area is 110 Å². The molecule has 0 spiro atoms. The molecule has 0 saturated carbocycles. The molecule has 0 unspecified atom stereocenters. The first-order valence-corrected chi connectivity index (χ1v) is 6.33. The van der Waals surface area contributed by atoms with Gasteiger partial charge in [-0.25, -0.2) is 4.98 Å². The summed E-state index contributed by atoms with van der Waals surface area (Å²) in [5, 5.41) is 2.69. The average Bonchev–Trinajstić information content (AvgIpc) is 2.68. The van der Waals surface area contributed by atoms with Crippen molar-refractivity contribution in [2.75, 3.05) is 5.32 Å². The van der Waals surface area contributed by atoms with E-state index in [1.807, 2.05) is 6.07 Å². The number of anilines is 1. The quantitative estimate of drug-likeness (QED) is 0.915. The van der Waals surface area contributed by atoms with Gasteiger partial charge in [-0.15, -0.1) is 11.3 Å². The van der Waals surface area contributed by atoms with Crippen LogP contribution in [0.4, 0.5) is 5.82 Å². The molecule has 2 rings (SSSR count). The molecule has 16 heavy (non-hydrogen) atoms. The Morgan fingerprint density at radius 1 is 1.44 bits per heavy atom. The van der Waals surface area contributed by atoms with Crippen molar-refractivity contribution in [1.29, 1.82) is 0 Å². The van der Waals surface area contributed by atoms with Crippen LogP contribution in [0, 0.1) is 0 Å². The lowest BCUT2D eigenvalue weighted by molar-refractivity contribution is 0.103. The predicted molar refractivity (Wildman–Crippen MR) is 69.2 cm³/mol. The molecule has 2 heterocycles. The number of carbonyl (C=O) groups excluding carboxylic acids is 1. The Kier molecular flexibility index (Phi) is 3.58. The van der Waals surface area contributed by atoms with Crippen molar-refractivity contribution >= 4 is 50.6 Å². The lowest BCUT2D eigenvalue weighted by Gasteiger charge is -2.03. The van der Waals surface area contributed by atoms with Gasteiger partial charge in [0.1, 0.15) is 5.82 Å². The van der Waals surface area contributed by atoms with Gasteiger partial charge in [-0.1, -0.05) is 11.6 Å². The number of halogens is 2. The Morgan fingerprint density at radius 2 is 2.25 bits per heavy atom. The number of rotatable bonds is 2. The van der Waals surface area contributed by atoms with E-state index in [4.69, 9.17) is 11.6 Å². The van der Waals surface area contributed by atoms with Gasteiger partial charge in [0, 0.05) is 6.20 Å². The van der Waals surface area contributed by atoms with Crippen molar-refractivity contribution in [3.63, 3.8) is 0 Å². The fourth-order valence-corrected chi connectivity index (χ4v) is 2.38. The van der Waals surface area contributed by atoms with Crippen molar-refractivity contribution in [1.82, 2.24) is 4.98 Å². The van der Waals surface area contributed by atoms with E-state index in [-0.39, 0.29) is 5.91 Å². The molecule has 0 bridgehead atoms. The van der Waals surface area contributed by atoms with Crippen LogP contribution in [0.5, 0.6) is 0 Å². The molecular weight excluding hydrogens is 312 g/mol. The molecular formula is C10H6BrClN2OS. The smallest absolute Gasteiger partial charge is 0.266 e. The molecule has 0 atom stereocenters. The van der Waals surface area contributed by atoms with Crippen LogP contribution in [0.2, 0.25) is 4.34 Å². The first kappa shape index (κ1) is 11.6. The summed E-state index contributed by atoms with van der Waals surface area (Å²) >= 11 is 10.3. The van der Waals surface area contributed by atoms with Gasteiger partial charge < -0.3 is 5.32 Å². The summed E-state index contributed by atoms with van der Waals surface area (Å²) in [6.45, 7) is 0. The molecule has 0 aliphatic heterocycles. The highest BCUT2D eigenvalue weighted by molar-refractivity contribution is 9.10. The summed E-state index contributed by atoms with van der Waals surface area (Å²) in [5.41, 5.74) is 0. The number of nitrogens with one attached hydrogen (secondary N) is 1. The Balaban J connectivity index is 2.17. The number of amides is 1. The molecule has 2 aromatic rings. The maximum absolute atomic E-state index is 11.8. The molecule has 1 N–H and O–H groups in total. The summed E-state index contributed by atoms with van der Waals surface area (Å²) in [5.74, 6) is 0.285. The minimum Gasteiger partial charge on any atom is -0.305 e. The van der Waals surface area contributed by atoms with Gasteiger partial charge >= 0.3 is 0 Å². The van der Waals surface area contributed by atoms with E-state index in [1.54, 1.807) is 24.4 Å². The van der Waals surface area contributed by atoms with Crippen LogP contribution in [0.15, 0.2) is 34.9 Å². The molecule has 82 valence electrons. The van der Waals surface area contributed by atoms with E-state index >= 15 is 0 Å². The Hall–Kier alpha value is -0.910. The first-order valence-electron chi connectivity index (χ1n) is 4.34. The van der Waals surface area contributed by atoms with Crippen LogP contribution < -0.4 is 5.32 Å². The fraction of sp³-hybridized carbons (Fsp3) is 0. The van der Waals surface area contributed by atoms with Gasteiger partial charge in [-0.05, 0) is 40.2 Å². The van der Waals surface area contributed by atoms with Gasteiger partial charge in [-0.2, -0.15) is 0 Å². The van der Waals surface area contributed by atoms with Gasteiger partial charge in [0.05, 0.1) is 13.7 Å². The molecule has 0 aliphatic rings. The molecule has 3 nitrogen and oxygen atoms in total. The lowest BCUT2D eigenvalue weighted by Crippen LogP contribution is -2.11. The second-order valence-electron chi connectivity index (χ2n) is 2.89. The largest absolute Gasteiger partial charge is 0.305 e. The highest BCUT2D eigenvalue weighted by Gasteiger charge is 2.10. The summed E-state index contributed by atoms with van der Waals surface area (Å²) in [7, 11) is 0. The van der Waals surface area contributed by atoms with Gasteiger partial charge in [-0.3, -0.25) is 4.79 Å². The fourth-order valence-electron chi connectivity index (χ4n) is 1.08. The normalized spacial score (nSPS) is 10.1. The highest BCUT2D eigenvalue weighted by atomic mass is 79.9. The molecule has 0 aliphatic carbocycles. The van der Waals surface area contributed by atoms with Crippen LogP contribution >= 0.6 is 38.9 Å². The van der Waals surface area contributed by atoms with E-state index in [0.717, 1.165) is 4.47 Å². The Morgan fingerprint density at radius 3 is 2.88 bits per heavy atom. The summed E-state index contributed by atoms with van der Waals surface area (Å²) < 4.78 is 1.33. The standard InChI is InChI=1S/C10H6BrClN2OS/c11-6-2-1-5-13-9(6)14-10(15)7-3-4-8(12)16-7/h1-5H,(H,13,14,15). The maximum atomic E-state index is 11.8. The van der Waals surface area contributed by atoms with E-state index in [0.29, 0.717) is 15.0 Å². The third-order valence-electron chi connectivity index (χ3n) is 1.79. The second-order valence-corrected chi connectivity index (χ2v) is 5.46. The van der Waals surface area contributed by atoms with E-state index < -0.39 is 0 Å². The van der Waals surface area contributed by atoms with Crippen molar-refractivity contribution in [2.24, 2.45) is 0 Å². The number of thiophene rings is 1. The first-order chi connectivity index (χ1) is 7.66. The number of nitrogens with zero attached hydrogens (tertiary/aromatic N) is 1. The SMILES string of the molecule is O=C(Nc1ncccc1Br)c1ccc(Cl)s1. The zero-order valence-corrected chi connectivity index (χ0v) is 11.1. The number of aromatic nitrogens is 1. The minimum atomic E-state index is -0.212. The van der Waals surface area contributed by atoms with Crippen LogP contribution in [-0.2, 0) is 0 Å². The topological polar surface area (TPSA) is 42.0 Å². The molecule has 0 aromatic carbocycles. The second kappa shape index (κ2) is 4.95. The van der Waals surface area contributed by atoms with Crippen molar-refractivity contribution in [2.45, 2.75) is 0 Å². The maximum Gasteiger partial charge on any atom is 0.266 e. The average molecular weight is 318 g/mol. The molecule has 0 fully saturated rings. The van der Waals surface area contributed by atoms with Crippen molar-refractivity contribution in [3.05, 3.63) is 44.1 Å². The lowest BCUT2D eigenvalue weighted by atomic mass is 10.4. The minimum absolute atomic E-state index is 0.212. The van der Waals surface area contributed by atoms with Crippen molar-refractivity contribution in [3.8, 4) is 0 Å².